The van der Waals surface area contributed by atoms with E-state index in [1.807, 2.05) is 42.1 Å². The van der Waals surface area contributed by atoms with E-state index in [9.17, 15) is 0 Å². The van der Waals surface area contributed by atoms with E-state index < -0.39 is 0 Å². The highest BCUT2D eigenvalue weighted by Crippen LogP contribution is 2.04. The van der Waals surface area contributed by atoms with Crippen LogP contribution >= 0.6 is 0 Å². The number of benzene rings is 1. The van der Waals surface area contributed by atoms with Crippen LogP contribution in [-0.2, 0) is 20.1 Å². The lowest BCUT2D eigenvalue weighted by Gasteiger charge is -2.05. The summed E-state index contributed by atoms with van der Waals surface area (Å²) in [4.78, 5) is 0. The number of hydrogen-bond donors (Lipinski definition) is 1. The van der Waals surface area contributed by atoms with E-state index in [2.05, 4.69) is 16.5 Å². The lowest BCUT2D eigenvalue weighted by molar-refractivity contribution is 0.626. The van der Waals surface area contributed by atoms with Crippen molar-refractivity contribution in [2.75, 3.05) is 0 Å². The minimum absolute atomic E-state index is 0.699. The van der Waals surface area contributed by atoms with Gasteiger partial charge in [0.1, 0.15) is 0 Å². The number of nitrogens with zero attached hydrogens (tertiary/aromatic N) is 3. The van der Waals surface area contributed by atoms with Gasteiger partial charge in [0.25, 0.3) is 0 Å². The smallest absolute Gasteiger partial charge is 0.0991 e. The van der Waals surface area contributed by atoms with Gasteiger partial charge in [-0.1, -0.05) is 12.1 Å². The van der Waals surface area contributed by atoms with Crippen molar-refractivity contribution in [1.29, 1.82) is 5.26 Å². The van der Waals surface area contributed by atoms with Gasteiger partial charge in [-0.3, -0.25) is 4.68 Å². The van der Waals surface area contributed by atoms with Crippen LogP contribution in [0.3, 0.4) is 0 Å². The highest BCUT2D eigenvalue weighted by atomic mass is 15.3. The second kappa shape index (κ2) is 5.28. The van der Waals surface area contributed by atoms with E-state index in [1.165, 1.54) is 0 Å². The first-order valence-corrected chi connectivity index (χ1v) is 5.46. The van der Waals surface area contributed by atoms with Gasteiger partial charge in [0.05, 0.1) is 17.3 Å². The monoisotopic (exact) mass is 226 g/mol. The molecule has 0 aliphatic carbocycles. The molecule has 2 aromatic rings. The first-order valence-electron chi connectivity index (χ1n) is 5.46. The average Bonchev–Trinajstić information content (AvgIpc) is 2.76. The van der Waals surface area contributed by atoms with Crippen LogP contribution in [0.25, 0.3) is 0 Å². The molecule has 4 heteroatoms. The zero-order valence-electron chi connectivity index (χ0n) is 9.72. The van der Waals surface area contributed by atoms with Gasteiger partial charge in [-0.25, -0.2) is 0 Å². The van der Waals surface area contributed by atoms with Crippen LogP contribution < -0.4 is 5.32 Å². The first-order chi connectivity index (χ1) is 8.29. The minimum Gasteiger partial charge on any atom is -0.307 e. The molecule has 0 aliphatic rings. The molecular formula is C13H14N4. The van der Waals surface area contributed by atoms with Gasteiger partial charge in [0.15, 0.2) is 0 Å². The molecule has 17 heavy (non-hydrogen) atoms. The predicted molar refractivity (Wildman–Crippen MR) is 64.9 cm³/mol. The second-order valence-corrected chi connectivity index (χ2v) is 3.86. The number of aromatic nitrogens is 2. The predicted octanol–water partition coefficient (Wildman–Crippen LogP) is 1.58. The van der Waals surface area contributed by atoms with E-state index in [4.69, 9.17) is 5.26 Å². The standard InChI is InChI=1S/C13H14N4/c1-17-13(5-6-16-17)10-15-9-12-4-2-3-11(7-12)8-14/h2-7,15H,9-10H2,1H3. The van der Waals surface area contributed by atoms with Crippen molar-refractivity contribution in [1.82, 2.24) is 15.1 Å². The van der Waals surface area contributed by atoms with Crippen LogP contribution in [-0.4, -0.2) is 9.78 Å². The molecule has 0 radical (unpaired) electrons. The third-order valence-electron chi connectivity index (χ3n) is 2.61. The molecule has 0 fully saturated rings. The van der Waals surface area contributed by atoms with E-state index in [0.29, 0.717) is 5.56 Å². The summed E-state index contributed by atoms with van der Waals surface area (Å²) in [6.07, 6.45) is 1.79. The van der Waals surface area contributed by atoms with Crippen molar-refractivity contribution in [2.45, 2.75) is 13.1 Å². The Morgan fingerprint density at radius 2 is 2.24 bits per heavy atom. The Balaban J connectivity index is 1.90. The summed E-state index contributed by atoms with van der Waals surface area (Å²) >= 11 is 0. The maximum atomic E-state index is 8.79. The van der Waals surface area contributed by atoms with Gasteiger partial charge in [0, 0.05) is 26.3 Å². The Morgan fingerprint density at radius 3 is 2.94 bits per heavy atom. The van der Waals surface area contributed by atoms with Crippen LogP contribution in [0.4, 0.5) is 0 Å². The molecule has 0 saturated heterocycles. The Labute approximate surface area is 100 Å². The lowest BCUT2D eigenvalue weighted by atomic mass is 10.1. The highest BCUT2D eigenvalue weighted by Gasteiger charge is 1.98. The molecule has 0 amide bonds. The maximum absolute atomic E-state index is 8.79. The van der Waals surface area contributed by atoms with Gasteiger partial charge in [-0.15, -0.1) is 0 Å². The van der Waals surface area contributed by atoms with Gasteiger partial charge in [-0.05, 0) is 23.8 Å². The molecule has 86 valence electrons. The van der Waals surface area contributed by atoms with Crippen molar-refractivity contribution in [3.05, 3.63) is 53.3 Å². The fraction of sp³-hybridized carbons (Fsp3) is 0.231. The highest BCUT2D eigenvalue weighted by molar-refractivity contribution is 5.32. The normalized spacial score (nSPS) is 10.1. The lowest BCUT2D eigenvalue weighted by Crippen LogP contribution is -2.15. The fourth-order valence-corrected chi connectivity index (χ4v) is 1.66. The van der Waals surface area contributed by atoms with E-state index in [0.717, 1.165) is 24.3 Å². The minimum atomic E-state index is 0.699. The van der Waals surface area contributed by atoms with Crippen LogP contribution in [0, 0.1) is 11.3 Å². The zero-order chi connectivity index (χ0) is 12.1. The molecular weight excluding hydrogens is 212 g/mol. The summed E-state index contributed by atoms with van der Waals surface area (Å²) in [6.45, 7) is 1.52. The molecule has 2 rings (SSSR count). The van der Waals surface area contributed by atoms with Crippen LogP contribution in [0.5, 0.6) is 0 Å². The van der Waals surface area contributed by atoms with Crippen molar-refractivity contribution < 1.29 is 0 Å². The van der Waals surface area contributed by atoms with Crippen molar-refractivity contribution in [3.8, 4) is 6.07 Å². The Kier molecular flexibility index (Phi) is 3.53. The summed E-state index contributed by atoms with van der Waals surface area (Å²) in [5.41, 5.74) is 2.96. The molecule has 1 aromatic carbocycles. The molecule has 0 atom stereocenters. The summed E-state index contributed by atoms with van der Waals surface area (Å²) in [5, 5.41) is 16.2. The molecule has 1 heterocycles. The molecule has 0 unspecified atom stereocenters. The van der Waals surface area contributed by atoms with Gasteiger partial charge in [-0.2, -0.15) is 10.4 Å². The molecule has 0 aliphatic heterocycles. The molecule has 1 aromatic heterocycles. The average molecular weight is 226 g/mol. The van der Waals surface area contributed by atoms with E-state index >= 15 is 0 Å². The van der Waals surface area contributed by atoms with E-state index in [1.54, 1.807) is 6.20 Å². The summed E-state index contributed by atoms with van der Waals surface area (Å²) < 4.78 is 1.85. The van der Waals surface area contributed by atoms with Crippen LogP contribution in [0.2, 0.25) is 0 Å². The maximum Gasteiger partial charge on any atom is 0.0991 e. The molecule has 0 spiro atoms. The number of hydrogen-bond acceptors (Lipinski definition) is 3. The van der Waals surface area contributed by atoms with E-state index in [-0.39, 0.29) is 0 Å². The number of nitrogens with one attached hydrogen (secondary N) is 1. The number of nitriles is 1. The summed E-state index contributed by atoms with van der Waals surface area (Å²) in [6, 6.07) is 11.7. The van der Waals surface area contributed by atoms with Crippen LogP contribution in [0.15, 0.2) is 36.5 Å². The third kappa shape index (κ3) is 2.92. The number of aryl methyl sites for hydroxylation is 1. The van der Waals surface area contributed by atoms with Crippen molar-refractivity contribution in [2.24, 2.45) is 7.05 Å². The molecule has 0 bridgehead atoms. The SMILES string of the molecule is Cn1nccc1CNCc1cccc(C#N)c1. The third-order valence-corrected chi connectivity index (χ3v) is 2.61. The molecule has 4 nitrogen and oxygen atoms in total. The zero-order valence-corrected chi connectivity index (χ0v) is 9.72. The number of rotatable bonds is 4. The first kappa shape index (κ1) is 11.4. The van der Waals surface area contributed by atoms with Gasteiger partial charge in [0.2, 0.25) is 0 Å². The topological polar surface area (TPSA) is 53.6 Å². The van der Waals surface area contributed by atoms with Crippen molar-refractivity contribution >= 4 is 0 Å². The largest absolute Gasteiger partial charge is 0.307 e. The molecule has 1 N–H and O–H groups in total. The summed E-state index contributed by atoms with van der Waals surface area (Å²) in [5.74, 6) is 0. The van der Waals surface area contributed by atoms with Crippen molar-refractivity contribution in [3.63, 3.8) is 0 Å². The Morgan fingerprint density at radius 1 is 1.35 bits per heavy atom. The van der Waals surface area contributed by atoms with Crippen LogP contribution in [0.1, 0.15) is 16.8 Å². The van der Waals surface area contributed by atoms with Gasteiger partial charge < -0.3 is 5.32 Å². The second-order valence-electron chi connectivity index (χ2n) is 3.86. The Hall–Kier alpha value is -2.12. The molecule has 0 saturated carbocycles. The quantitative estimate of drug-likeness (QED) is 0.861. The Bertz CT molecular complexity index is 536. The fourth-order valence-electron chi connectivity index (χ4n) is 1.66. The summed E-state index contributed by atoms with van der Waals surface area (Å²) in [7, 11) is 1.92. The van der Waals surface area contributed by atoms with Gasteiger partial charge >= 0.3 is 0 Å².